The van der Waals surface area contributed by atoms with Gasteiger partial charge < -0.3 is 18.9 Å². The van der Waals surface area contributed by atoms with E-state index in [4.69, 9.17) is 18.9 Å². The van der Waals surface area contributed by atoms with E-state index in [0.717, 1.165) is 44.5 Å². The van der Waals surface area contributed by atoms with E-state index in [1.807, 2.05) is 64.1 Å². The zero-order valence-electron chi connectivity index (χ0n) is 15.9. The lowest BCUT2D eigenvalue weighted by Crippen LogP contribution is -2.02. The molecular weight excluding hydrogens is 328 g/mol. The van der Waals surface area contributed by atoms with Gasteiger partial charge in [-0.2, -0.15) is 0 Å². The first-order valence-corrected chi connectivity index (χ1v) is 9.29. The zero-order chi connectivity index (χ0) is 18.5. The topological polar surface area (TPSA) is 36.9 Å². The van der Waals surface area contributed by atoms with Crippen LogP contribution in [0, 0.1) is 0 Å². The smallest absolute Gasteiger partial charge is 0.139 e. The molecule has 0 atom stereocenters. The van der Waals surface area contributed by atoms with E-state index in [9.17, 15) is 0 Å². The molecule has 0 aliphatic carbocycles. The maximum atomic E-state index is 6.09. The molecule has 4 nitrogen and oxygen atoms in total. The monoisotopic (exact) mass is 354 g/mol. The molecule has 0 aliphatic rings. The summed E-state index contributed by atoms with van der Waals surface area (Å²) in [5.74, 6) is 3.23. The summed E-state index contributed by atoms with van der Waals surface area (Å²) in [6.07, 6.45) is 0. The fourth-order valence-electron chi connectivity index (χ4n) is 3.32. The maximum absolute atomic E-state index is 6.09. The first kappa shape index (κ1) is 18.2. The third kappa shape index (κ3) is 3.12. The molecule has 0 aromatic heterocycles. The van der Waals surface area contributed by atoms with Gasteiger partial charge in [0, 0.05) is 10.8 Å². The summed E-state index contributed by atoms with van der Waals surface area (Å²) in [5.41, 5.74) is 0. The lowest BCUT2D eigenvalue weighted by molar-refractivity contribution is 0.327. The predicted octanol–water partition coefficient (Wildman–Crippen LogP) is 5.59. The number of benzene rings is 3. The molecule has 0 bridgehead atoms. The number of ether oxygens (including phenoxy) is 4. The second-order valence-corrected chi connectivity index (χ2v) is 5.75. The van der Waals surface area contributed by atoms with Crippen molar-refractivity contribution in [2.24, 2.45) is 0 Å². The first-order chi connectivity index (χ1) is 12.8. The molecule has 4 heteroatoms. The van der Waals surface area contributed by atoms with Crippen LogP contribution in [0.4, 0.5) is 0 Å². The standard InChI is InChI=1S/C22H26O4/c1-5-23-17-13-9-11-15-19(17)21(25-7-3)16-12-10-14-18(24-6-2)20(16)22(15)26-8-4/h9-14H,5-8H2,1-4H3. The molecule has 0 N–H and O–H groups in total. The summed E-state index contributed by atoms with van der Waals surface area (Å²) >= 11 is 0. The Bertz CT molecular complexity index is 826. The molecular formula is C22H26O4. The van der Waals surface area contributed by atoms with Gasteiger partial charge in [0.15, 0.2) is 0 Å². The van der Waals surface area contributed by atoms with Gasteiger partial charge in [0.1, 0.15) is 23.0 Å². The Kier molecular flexibility index (Phi) is 5.71. The van der Waals surface area contributed by atoms with Crippen LogP contribution in [0.5, 0.6) is 23.0 Å². The highest BCUT2D eigenvalue weighted by Crippen LogP contribution is 2.49. The highest BCUT2D eigenvalue weighted by molar-refractivity contribution is 6.15. The molecule has 0 aliphatic heterocycles. The van der Waals surface area contributed by atoms with Gasteiger partial charge >= 0.3 is 0 Å². The van der Waals surface area contributed by atoms with Crippen LogP contribution in [0.25, 0.3) is 21.5 Å². The molecule has 0 amide bonds. The van der Waals surface area contributed by atoms with Gasteiger partial charge in [0.2, 0.25) is 0 Å². The molecule has 0 radical (unpaired) electrons. The molecule has 0 saturated heterocycles. The number of hydrogen-bond acceptors (Lipinski definition) is 4. The number of fused-ring (bicyclic) bond motifs is 2. The van der Waals surface area contributed by atoms with Crippen LogP contribution < -0.4 is 18.9 Å². The molecule has 26 heavy (non-hydrogen) atoms. The maximum Gasteiger partial charge on any atom is 0.139 e. The summed E-state index contributed by atoms with van der Waals surface area (Å²) in [7, 11) is 0. The Labute approximate surface area is 154 Å². The quantitative estimate of drug-likeness (QED) is 0.494. The average Bonchev–Trinajstić information content (AvgIpc) is 2.65. The minimum absolute atomic E-state index is 0.567. The van der Waals surface area contributed by atoms with Crippen LogP contribution in [0.1, 0.15) is 27.7 Å². The summed E-state index contributed by atoms with van der Waals surface area (Å²) in [6, 6.07) is 12.0. The second kappa shape index (κ2) is 8.17. The van der Waals surface area contributed by atoms with Crippen molar-refractivity contribution in [1.29, 1.82) is 0 Å². The van der Waals surface area contributed by atoms with Gasteiger partial charge in [-0.3, -0.25) is 0 Å². The Balaban J connectivity index is 2.51. The summed E-state index contributed by atoms with van der Waals surface area (Å²) in [6.45, 7) is 10.3. The van der Waals surface area contributed by atoms with Gasteiger partial charge in [-0.1, -0.05) is 24.3 Å². The van der Waals surface area contributed by atoms with Gasteiger partial charge in [0.05, 0.1) is 37.2 Å². The van der Waals surface area contributed by atoms with E-state index in [-0.39, 0.29) is 0 Å². The lowest BCUT2D eigenvalue weighted by Gasteiger charge is -2.20. The molecule has 0 fully saturated rings. The molecule has 0 heterocycles. The highest BCUT2D eigenvalue weighted by Gasteiger charge is 2.21. The largest absolute Gasteiger partial charge is 0.493 e. The van der Waals surface area contributed by atoms with Crippen molar-refractivity contribution in [2.75, 3.05) is 26.4 Å². The Morgan fingerprint density at radius 2 is 0.923 bits per heavy atom. The van der Waals surface area contributed by atoms with Crippen LogP contribution in [-0.2, 0) is 0 Å². The van der Waals surface area contributed by atoms with E-state index >= 15 is 0 Å². The first-order valence-electron chi connectivity index (χ1n) is 9.29. The van der Waals surface area contributed by atoms with Crippen LogP contribution in [-0.4, -0.2) is 26.4 Å². The summed E-state index contributed by atoms with van der Waals surface area (Å²) in [4.78, 5) is 0. The van der Waals surface area contributed by atoms with Gasteiger partial charge in [-0.15, -0.1) is 0 Å². The van der Waals surface area contributed by atoms with E-state index in [1.165, 1.54) is 0 Å². The minimum atomic E-state index is 0.567. The molecule has 0 saturated carbocycles. The zero-order valence-corrected chi connectivity index (χ0v) is 15.9. The second-order valence-electron chi connectivity index (χ2n) is 5.75. The van der Waals surface area contributed by atoms with E-state index in [0.29, 0.717) is 26.4 Å². The molecule has 3 rings (SSSR count). The SMILES string of the molecule is CCOc1cccc2c(OCC)c3c(OCC)cccc3c(OCC)c12. The van der Waals surface area contributed by atoms with Crippen molar-refractivity contribution in [2.45, 2.75) is 27.7 Å². The fourth-order valence-corrected chi connectivity index (χ4v) is 3.32. The number of hydrogen-bond donors (Lipinski definition) is 0. The average molecular weight is 354 g/mol. The molecule has 3 aromatic carbocycles. The van der Waals surface area contributed by atoms with Crippen molar-refractivity contribution in [3.8, 4) is 23.0 Å². The van der Waals surface area contributed by atoms with Gasteiger partial charge in [-0.05, 0) is 39.8 Å². The minimum Gasteiger partial charge on any atom is -0.493 e. The Morgan fingerprint density at radius 3 is 1.27 bits per heavy atom. The number of rotatable bonds is 8. The predicted molar refractivity (Wildman–Crippen MR) is 106 cm³/mol. The van der Waals surface area contributed by atoms with Crippen molar-refractivity contribution < 1.29 is 18.9 Å². The molecule has 0 unspecified atom stereocenters. The highest BCUT2D eigenvalue weighted by atomic mass is 16.5. The van der Waals surface area contributed by atoms with Crippen LogP contribution in [0.3, 0.4) is 0 Å². The molecule has 0 spiro atoms. The van der Waals surface area contributed by atoms with Crippen LogP contribution >= 0.6 is 0 Å². The lowest BCUT2D eigenvalue weighted by atomic mass is 9.99. The van der Waals surface area contributed by atoms with Crippen LogP contribution in [0.15, 0.2) is 36.4 Å². The van der Waals surface area contributed by atoms with Crippen LogP contribution in [0.2, 0.25) is 0 Å². The Morgan fingerprint density at radius 1 is 0.538 bits per heavy atom. The van der Waals surface area contributed by atoms with Crippen molar-refractivity contribution in [3.63, 3.8) is 0 Å². The van der Waals surface area contributed by atoms with E-state index in [2.05, 4.69) is 0 Å². The van der Waals surface area contributed by atoms with Crippen molar-refractivity contribution in [1.82, 2.24) is 0 Å². The fraction of sp³-hybridized carbons (Fsp3) is 0.364. The summed E-state index contributed by atoms with van der Waals surface area (Å²) in [5, 5.41) is 3.84. The Hall–Kier alpha value is -2.62. The molecule has 3 aromatic rings. The third-order valence-electron chi connectivity index (χ3n) is 4.17. The van der Waals surface area contributed by atoms with Crippen molar-refractivity contribution in [3.05, 3.63) is 36.4 Å². The van der Waals surface area contributed by atoms with Gasteiger partial charge in [0.25, 0.3) is 0 Å². The van der Waals surface area contributed by atoms with Crippen molar-refractivity contribution >= 4 is 21.5 Å². The van der Waals surface area contributed by atoms with Gasteiger partial charge in [-0.25, -0.2) is 0 Å². The molecule has 138 valence electrons. The normalized spacial score (nSPS) is 10.9. The summed E-state index contributed by atoms with van der Waals surface area (Å²) < 4.78 is 24.0. The van der Waals surface area contributed by atoms with E-state index < -0.39 is 0 Å². The van der Waals surface area contributed by atoms with E-state index in [1.54, 1.807) is 0 Å². The third-order valence-corrected chi connectivity index (χ3v) is 4.17.